The van der Waals surface area contributed by atoms with E-state index in [4.69, 9.17) is 0 Å². The Morgan fingerprint density at radius 3 is 1.75 bits per heavy atom. The minimum Gasteiger partial charge on any atom is -1.00 e. The van der Waals surface area contributed by atoms with Crippen molar-refractivity contribution in [3.63, 3.8) is 0 Å². The number of Topliss-reactive ketones (excluding diaryl/α,β-unsaturated/α-hetero) is 1. The van der Waals surface area contributed by atoms with Crippen LogP contribution < -0.4 is 17.0 Å². The van der Waals surface area contributed by atoms with Crippen molar-refractivity contribution in [2.24, 2.45) is 0 Å². The first-order valence-corrected chi connectivity index (χ1v) is 6.45. The number of quaternary nitrogens is 1. The zero-order valence-corrected chi connectivity index (χ0v) is 13.7. The lowest BCUT2D eigenvalue weighted by Gasteiger charge is -2.33. The topological polar surface area (TPSA) is 17.1 Å². The molecule has 1 atom stereocenters. The summed E-state index contributed by atoms with van der Waals surface area (Å²) in [5, 5.41) is 0. The molecule has 2 nitrogen and oxygen atoms in total. The Bertz CT molecular complexity index is 546. The van der Waals surface area contributed by atoms with Crippen LogP contribution in [-0.4, -0.2) is 31.4 Å². The van der Waals surface area contributed by atoms with Gasteiger partial charge in [0.1, 0.15) is 0 Å². The van der Waals surface area contributed by atoms with Gasteiger partial charge in [0.25, 0.3) is 0 Å². The van der Waals surface area contributed by atoms with Crippen molar-refractivity contribution >= 4 is 5.78 Å². The van der Waals surface area contributed by atoms with Crippen molar-refractivity contribution in [1.29, 1.82) is 0 Å². The van der Waals surface area contributed by atoms with Crippen LogP contribution in [0.4, 0.5) is 0 Å². The monoisotopic (exact) mass is 333 g/mol. The first-order chi connectivity index (χ1) is 9.00. The van der Waals surface area contributed by atoms with E-state index in [-0.39, 0.29) is 28.8 Å². The van der Waals surface area contributed by atoms with Crippen LogP contribution in [0.5, 0.6) is 0 Å². The zero-order chi connectivity index (χ0) is 13.9. The van der Waals surface area contributed by atoms with Crippen LogP contribution >= 0.6 is 0 Å². The van der Waals surface area contributed by atoms with Crippen molar-refractivity contribution in [1.82, 2.24) is 0 Å². The maximum absolute atomic E-state index is 12.8. The Morgan fingerprint density at radius 2 is 1.30 bits per heavy atom. The Morgan fingerprint density at radius 1 is 0.850 bits per heavy atom. The Hall–Kier alpha value is -1.45. The molecule has 0 aliphatic carbocycles. The smallest absolute Gasteiger partial charge is 0.224 e. The third kappa shape index (κ3) is 3.78. The van der Waals surface area contributed by atoms with Crippen molar-refractivity contribution in [3.05, 3.63) is 71.8 Å². The van der Waals surface area contributed by atoms with E-state index in [2.05, 4.69) is 21.1 Å². The number of nitrogens with zero attached hydrogens (tertiary/aromatic N) is 1. The molecule has 0 fully saturated rings. The van der Waals surface area contributed by atoms with E-state index < -0.39 is 0 Å². The second-order valence-electron chi connectivity index (χ2n) is 5.66. The van der Waals surface area contributed by atoms with Gasteiger partial charge in [-0.05, 0) is 0 Å². The largest absolute Gasteiger partial charge is 1.00 e. The molecule has 2 aromatic carbocycles. The van der Waals surface area contributed by atoms with Gasteiger partial charge in [-0.2, -0.15) is 0 Å². The van der Waals surface area contributed by atoms with Gasteiger partial charge in [-0.3, -0.25) is 4.79 Å². The van der Waals surface area contributed by atoms with Gasteiger partial charge in [-0.1, -0.05) is 60.7 Å². The molecule has 106 valence electrons. The molecule has 0 heterocycles. The van der Waals surface area contributed by atoms with E-state index in [0.717, 1.165) is 11.1 Å². The summed E-state index contributed by atoms with van der Waals surface area (Å²) in [4.78, 5) is 12.8. The third-order valence-corrected chi connectivity index (χ3v) is 3.20. The van der Waals surface area contributed by atoms with E-state index in [1.54, 1.807) is 0 Å². The maximum atomic E-state index is 12.8. The predicted octanol–water partition coefficient (Wildman–Crippen LogP) is 0.321. The van der Waals surface area contributed by atoms with Crippen LogP contribution in [0.1, 0.15) is 22.0 Å². The molecule has 0 bridgehead atoms. The SMILES string of the molecule is C[N+](C)(C)C(C(=O)c1ccccc1)c1ccccc1.[Br-]. The highest BCUT2D eigenvalue weighted by Crippen LogP contribution is 2.27. The number of ketones is 1. The lowest BCUT2D eigenvalue weighted by Crippen LogP contribution is -3.00. The average Bonchev–Trinajstić information content (AvgIpc) is 2.39. The lowest BCUT2D eigenvalue weighted by atomic mass is 9.95. The highest BCUT2D eigenvalue weighted by atomic mass is 79.9. The van der Waals surface area contributed by atoms with E-state index in [1.165, 1.54) is 0 Å². The van der Waals surface area contributed by atoms with Crippen LogP contribution in [0.25, 0.3) is 0 Å². The molecule has 0 aliphatic heterocycles. The van der Waals surface area contributed by atoms with Crippen LogP contribution in [0.15, 0.2) is 60.7 Å². The second kappa shape index (κ2) is 6.82. The van der Waals surface area contributed by atoms with Gasteiger partial charge in [-0.15, -0.1) is 0 Å². The van der Waals surface area contributed by atoms with Gasteiger partial charge in [-0.25, -0.2) is 0 Å². The fourth-order valence-electron chi connectivity index (χ4n) is 2.35. The summed E-state index contributed by atoms with van der Waals surface area (Å²) >= 11 is 0. The fourth-order valence-corrected chi connectivity index (χ4v) is 2.35. The van der Waals surface area contributed by atoms with Gasteiger partial charge in [0.15, 0.2) is 6.04 Å². The fraction of sp³-hybridized carbons (Fsp3) is 0.235. The molecule has 0 saturated carbocycles. The molecule has 0 amide bonds. The number of likely N-dealkylation sites (N-methyl/N-ethyl adjacent to an activating group) is 1. The Balaban J connectivity index is 0.00000200. The minimum absolute atomic E-state index is 0. The summed E-state index contributed by atoms with van der Waals surface area (Å²) in [7, 11) is 6.16. The number of rotatable bonds is 4. The molecule has 2 rings (SSSR count). The van der Waals surface area contributed by atoms with Crippen molar-refractivity contribution in [2.75, 3.05) is 21.1 Å². The maximum Gasteiger partial charge on any atom is 0.224 e. The van der Waals surface area contributed by atoms with E-state index in [1.807, 2.05) is 60.7 Å². The van der Waals surface area contributed by atoms with Crippen LogP contribution in [-0.2, 0) is 0 Å². The highest BCUT2D eigenvalue weighted by Gasteiger charge is 2.33. The average molecular weight is 334 g/mol. The summed E-state index contributed by atoms with van der Waals surface area (Å²) in [6.07, 6.45) is 0. The predicted molar refractivity (Wildman–Crippen MR) is 78.0 cm³/mol. The summed E-state index contributed by atoms with van der Waals surface area (Å²) in [6, 6.07) is 19.3. The van der Waals surface area contributed by atoms with Crippen molar-refractivity contribution < 1.29 is 26.3 Å². The number of carbonyl (C=O) groups excluding carboxylic acids is 1. The molecule has 20 heavy (non-hydrogen) atoms. The minimum atomic E-state index is -0.177. The number of carbonyl (C=O) groups is 1. The number of hydrogen-bond acceptors (Lipinski definition) is 1. The molecule has 3 heteroatoms. The first kappa shape index (κ1) is 16.6. The van der Waals surface area contributed by atoms with Crippen LogP contribution in [0.2, 0.25) is 0 Å². The van der Waals surface area contributed by atoms with Gasteiger partial charge < -0.3 is 21.5 Å². The Kier molecular flexibility index (Phi) is 5.66. The van der Waals surface area contributed by atoms with E-state index in [0.29, 0.717) is 4.48 Å². The molecule has 0 aliphatic rings. The zero-order valence-electron chi connectivity index (χ0n) is 12.1. The Labute approximate surface area is 131 Å². The summed E-state index contributed by atoms with van der Waals surface area (Å²) in [6.45, 7) is 0. The quantitative estimate of drug-likeness (QED) is 0.582. The molecule has 2 aromatic rings. The summed E-state index contributed by atoms with van der Waals surface area (Å²) in [5.74, 6) is 0.166. The van der Waals surface area contributed by atoms with Crippen molar-refractivity contribution in [2.45, 2.75) is 6.04 Å². The molecule has 0 N–H and O–H groups in total. The first-order valence-electron chi connectivity index (χ1n) is 6.45. The second-order valence-corrected chi connectivity index (χ2v) is 5.66. The van der Waals surface area contributed by atoms with Gasteiger partial charge >= 0.3 is 0 Å². The number of halogens is 1. The van der Waals surface area contributed by atoms with Crippen LogP contribution in [0, 0.1) is 0 Å². The standard InChI is InChI=1S/C17H20NO.BrH/c1-18(2,3)16(14-10-6-4-7-11-14)17(19)15-12-8-5-9-13-15;/h4-13,16H,1-3H3;1H/q+1;/p-1. The summed E-state index contributed by atoms with van der Waals surface area (Å²) < 4.78 is 0.581. The van der Waals surface area contributed by atoms with Gasteiger partial charge in [0.2, 0.25) is 5.78 Å². The third-order valence-electron chi connectivity index (χ3n) is 3.20. The molecular formula is C17H20BrNO. The van der Waals surface area contributed by atoms with Crippen molar-refractivity contribution in [3.8, 4) is 0 Å². The molecule has 0 saturated heterocycles. The number of hydrogen-bond donors (Lipinski definition) is 0. The normalized spacial score (nSPS) is 12.3. The van der Waals surface area contributed by atoms with Crippen LogP contribution in [0.3, 0.4) is 0 Å². The summed E-state index contributed by atoms with van der Waals surface area (Å²) in [5.41, 5.74) is 1.83. The van der Waals surface area contributed by atoms with E-state index in [9.17, 15) is 4.79 Å². The highest BCUT2D eigenvalue weighted by molar-refractivity contribution is 5.99. The molecule has 0 spiro atoms. The molecular weight excluding hydrogens is 314 g/mol. The molecule has 0 aromatic heterocycles. The molecule has 1 unspecified atom stereocenters. The molecule has 0 radical (unpaired) electrons. The number of benzene rings is 2. The van der Waals surface area contributed by atoms with Gasteiger partial charge in [0, 0.05) is 11.1 Å². The van der Waals surface area contributed by atoms with Gasteiger partial charge in [0.05, 0.1) is 21.1 Å². The van der Waals surface area contributed by atoms with E-state index >= 15 is 0 Å². The lowest BCUT2D eigenvalue weighted by molar-refractivity contribution is -0.891.